The molecular formula is C21H21Cl2N3O3S. The van der Waals surface area contributed by atoms with Gasteiger partial charge in [-0.3, -0.25) is 9.69 Å². The van der Waals surface area contributed by atoms with Crippen molar-refractivity contribution < 1.29 is 14.3 Å². The molecule has 0 aliphatic carbocycles. The Morgan fingerprint density at radius 2 is 1.83 bits per heavy atom. The first kappa shape index (κ1) is 21.2. The van der Waals surface area contributed by atoms with Crippen LogP contribution in [0.2, 0.25) is 10.0 Å². The Morgan fingerprint density at radius 3 is 2.53 bits per heavy atom. The molecule has 158 valence electrons. The van der Waals surface area contributed by atoms with Crippen molar-refractivity contribution in [3.05, 3.63) is 45.9 Å². The number of likely N-dealkylation sites (N-methyl/N-ethyl adjacent to an activating group) is 1. The van der Waals surface area contributed by atoms with Gasteiger partial charge in [-0.15, -0.1) is 0 Å². The maximum absolute atomic E-state index is 13.4. The number of hydrogen-bond donors (Lipinski definition) is 0. The van der Waals surface area contributed by atoms with Gasteiger partial charge in [-0.1, -0.05) is 48.4 Å². The van der Waals surface area contributed by atoms with Gasteiger partial charge in [0.15, 0.2) is 16.6 Å². The summed E-state index contributed by atoms with van der Waals surface area (Å²) in [7, 11) is 0. The average molecular weight is 466 g/mol. The molecule has 0 bridgehead atoms. The third kappa shape index (κ3) is 4.21. The zero-order valence-electron chi connectivity index (χ0n) is 16.7. The smallest absolute Gasteiger partial charge is 0.261 e. The van der Waals surface area contributed by atoms with Crippen LogP contribution >= 0.6 is 34.5 Å². The summed E-state index contributed by atoms with van der Waals surface area (Å²) in [4.78, 5) is 22.1. The van der Waals surface area contributed by atoms with E-state index in [4.69, 9.17) is 37.7 Å². The van der Waals surface area contributed by atoms with Crippen molar-refractivity contribution >= 4 is 55.8 Å². The highest BCUT2D eigenvalue weighted by Gasteiger charge is 2.25. The summed E-state index contributed by atoms with van der Waals surface area (Å²) in [5.41, 5.74) is 1.16. The molecule has 0 fully saturated rings. The normalized spacial score (nSPS) is 12.7. The monoisotopic (exact) mass is 465 g/mol. The highest BCUT2D eigenvalue weighted by molar-refractivity contribution is 7.22. The molecule has 2 heterocycles. The Bertz CT molecular complexity index is 1040. The molecule has 0 saturated heterocycles. The number of amides is 1. The number of fused-ring (bicyclic) bond motifs is 2. The summed E-state index contributed by atoms with van der Waals surface area (Å²) in [6.45, 7) is 7.44. The number of hydrogen-bond acceptors (Lipinski definition) is 6. The van der Waals surface area contributed by atoms with E-state index in [1.807, 2.05) is 12.1 Å². The average Bonchev–Trinajstić information content (AvgIpc) is 3.34. The van der Waals surface area contributed by atoms with Gasteiger partial charge >= 0.3 is 0 Å². The molecule has 1 aliphatic rings. The van der Waals surface area contributed by atoms with Gasteiger partial charge in [-0.25, -0.2) is 4.98 Å². The first-order valence-corrected chi connectivity index (χ1v) is 11.3. The molecule has 0 radical (unpaired) electrons. The number of carbonyl (C=O) groups is 1. The molecule has 3 aromatic rings. The minimum absolute atomic E-state index is 0.206. The number of nitrogens with zero attached hydrogens (tertiary/aromatic N) is 3. The van der Waals surface area contributed by atoms with Crippen LogP contribution in [-0.4, -0.2) is 48.8 Å². The van der Waals surface area contributed by atoms with Gasteiger partial charge in [0.05, 0.1) is 20.8 Å². The van der Waals surface area contributed by atoms with Crippen molar-refractivity contribution in [3.8, 4) is 11.5 Å². The lowest BCUT2D eigenvalue weighted by Gasteiger charge is -2.25. The largest absolute Gasteiger partial charge is 0.454 e. The van der Waals surface area contributed by atoms with Crippen molar-refractivity contribution in [2.75, 3.05) is 37.9 Å². The van der Waals surface area contributed by atoms with Crippen molar-refractivity contribution in [3.63, 3.8) is 0 Å². The van der Waals surface area contributed by atoms with E-state index in [0.717, 1.165) is 29.9 Å². The van der Waals surface area contributed by atoms with Crippen LogP contribution in [0.25, 0.3) is 10.2 Å². The number of aromatic nitrogens is 1. The molecule has 9 heteroatoms. The Labute approximate surface area is 188 Å². The SMILES string of the molecule is CCN(CC)CCN(C(=O)c1ccc(Cl)cc1Cl)c1nc2cc3c(cc2s1)OCO3. The molecule has 1 amide bonds. The standard InChI is InChI=1S/C21H21Cl2N3O3S/c1-3-25(4-2)7-8-26(20(27)14-6-5-13(22)9-15(14)23)21-24-16-10-17-18(29-12-28-17)11-19(16)30-21/h5-6,9-11H,3-4,7-8,12H2,1-2H3. The van der Waals surface area contributed by atoms with Crippen molar-refractivity contribution in [2.24, 2.45) is 0 Å². The second-order valence-electron chi connectivity index (χ2n) is 6.78. The number of anilines is 1. The number of benzene rings is 2. The zero-order valence-corrected chi connectivity index (χ0v) is 19.0. The van der Waals surface area contributed by atoms with Gasteiger partial charge < -0.3 is 14.4 Å². The van der Waals surface area contributed by atoms with E-state index < -0.39 is 0 Å². The van der Waals surface area contributed by atoms with E-state index in [9.17, 15) is 4.79 Å². The van der Waals surface area contributed by atoms with Gasteiger partial charge in [-0.05, 0) is 31.3 Å². The van der Waals surface area contributed by atoms with Gasteiger partial charge in [0.2, 0.25) is 6.79 Å². The van der Waals surface area contributed by atoms with Gasteiger partial charge in [0.25, 0.3) is 5.91 Å². The van der Waals surface area contributed by atoms with Crippen LogP contribution < -0.4 is 14.4 Å². The van der Waals surface area contributed by atoms with Crippen LogP contribution in [0.5, 0.6) is 11.5 Å². The summed E-state index contributed by atoms with van der Waals surface area (Å²) in [6, 6.07) is 8.65. The lowest BCUT2D eigenvalue weighted by Crippen LogP contribution is -2.39. The van der Waals surface area contributed by atoms with Crippen LogP contribution in [-0.2, 0) is 0 Å². The molecule has 0 atom stereocenters. The van der Waals surface area contributed by atoms with Crippen molar-refractivity contribution in [2.45, 2.75) is 13.8 Å². The molecular weight excluding hydrogens is 445 g/mol. The number of halogens is 2. The minimum Gasteiger partial charge on any atom is -0.454 e. The number of carbonyl (C=O) groups excluding carboxylic acids is 1. The Hall–Kier alpha value is -2.06. The molecule has 0 N–H and O–H groups in total. The predicted octanol–water partition coefficient (Wildman–Crippen LogP) is 5.32. The van der Waals surface area contributed by atoms with Gasteiger partial charge in [0, 0.05) is 30.2 Å². The second-order valence-corrected chi connectivity index (χ2v) is 8.63. The van der Waals surface area contributed by atoms with Crippen LogP contribution in [0, 0.1) is 0 Å². The topological polar surface area (TPSA) is 54.9 Å². The Balaban J connectivity index is 1.71. The lowest BCUT2D eigenvalue weighted by molar-refractivity contribution is 0.0984. The minimum atomic E-state index is -0.206. The van der Waals surface area contributed by atoms with Crippen molar-refractivity contribution in [1.29, 1.82) is 0 Å². The van der Waals surface area contributed by atoms with Gasteiger partial charge in [-0.2, -0.15) is 0 Å². The van der Waals surface area contributed by atoms with E-state index in [1.54, 1.807) is 23.1 Å². The summed E-state index contributed by atoms with van der Waals surface area (Å²) < 4.78 is 11.8. The van der Waals surface area contributed by atoms with Crippen LogP contribution in [0.15, 0.2) is 30.3 Å². The summed E-state index contributed by atoms with van der Waals surface area (Å²) in [5.74, 6) is 1.16. The molecule has 4 rings (SSSR count). The quantitative estimate of drug-likeness (QED) is 0.472. The van der Waals surface area contributed by atoms with Crippen molar-refractivity contribution in [1.82, 2.24) is 9.88 Å². The van der Waals surface area contributed by atoms with E-state index in [0.29, 0.717) is 38.8 Å². The Kier molecular flexibility index (Phi) is 6.34. The maximum atomic E-state index is 13.4. The molecule has 30 heavy (non-hydrogen) atoms. The van der Waals surface area contributed by atoms with E-state index >= 15 is 0 Å². The first-order chi connectivity index (χ1) is 14.5. The predicted molar refractivity (Wildman–Crippen MR) is 122 cm³/mol. The maximum Gasteiger partial charge on any atom is 0.261 e. The number of ether oxygens (including phenoxy) is 2. The number of rotatable bonds is 7. The van der Waals surface area contributed by atoms with Crippen LogP contribution in [0.3, 0.4) is 0 Å². The summed E-state index contributed by atoms with van der Waals surface area (Å²) >= 11 is 13.8. The third-order valence-electron chi connectivity index (χ3n) is 5.04. The van der Waals surface area contributed by atoms with E-state index in [1.165, 1.54) is 11.3 Å². The molecule has 2 aromatic carbocycles. The molecule has 1 aromatic heterocycles. The molecule has 0 unspecified atom stereocenters. The zero-order chi connectivity index (χ0) is 21.3. The number of thiazole rings is 1. The fourth-order valence-corrected chi connectivity index (χ4v) is 4.78. The fourth-order valence-electron chi connectivity index (χ4n) is 3.30. The fraction of sp³-hybridized carbons (Fsp3) is 0.333. The summed E-state index contributed by atoms with van der Waals surface area (Å²) in [6.07, 6.45) is 0. The molecule has 1 aliphatic heterocycles. The van der Waals surface area contributed by atoms with Crippen LogP contribution in [0.1, 0.15) is 24.2 Å². The molecule has 6 nitrogen and oxygen atoms in total. The highest BCUT2D eigenvalue weighted by atomic mass is 35.5. The molecule has 0 spiro atoms. The first-order valence-electron chi connectivity index (χ1n) is 9.69. The summed E-state index contributed by atoms with van der Waals surface area (Å²) in [5, 5.41) is 1.42. The second kappa shape index (κ2) is 8.98. The lowest BCUT2D eigenvalue weighted by atomic mass is 10.2. The molecule has 0 saturated carbocycles. The van der Waals surface area contributed by atoms with Gasteiger partial charge in [0.1, 0.15) is 0 Å². The highest BCUT2D eigenvalue weighted by Crippen LogP contribution is 2.40. The third-order valence-corrected chi connectivity index (χ3v) is 6.63. The van der Waals surface area contributed by atoms with E-state index in [-0.39, 0.29) is 12.7 Å². The van der Waals surface area contributed by atoms with Crippen LogP contribution in [0.4, 0.5) is 5.13 Å². The van der Waals surface area contributed by atoms with E-state index in [2.05, 4.69) is 18.7 Å². The Morgan fingerprint density at radius 1 is 1.10 bits per heavy atom.